The molecule has 3 aromatic heterocycles. The van der Waals surface area contributed by atoms with Gasteiger partial charge in [0.1, 0.15) is 11.2 Å². The highest BCUT2D eigenvalue weighted by atomic mass is 16.6. The van der Waals surface area contributed by atoms with Gasteiger partial charge in [0, 0.05) is 29.2 Å². The number of nitrogens with one attached hydrogen (secondary N) is 2. The van der Waals surface area contributed by atoms with Crippen LogP contribution in [0.15, 0.2) is 83.9 Å². The number of hydrogen-bond donors (Lipinski definition) is 2. The summed E-state index contributed by atoms with van der Waals surface area (Å²) in [4.78, 5) is 44.1. The van der Waals surface area contributed by atoms with E-state index in [0.717, 1.165) is 5.39 Å². The van der Waals surface area contributed by atoms with Gasteiger partial charge in [0.15, 0.2) is 11.5 Å². The van der Waals surface area contributed by atoms with Gasteiger partial charge in [-0.1, -0.05) is 36.4 Å². The van der Waals surface area contributed by atoms with Crippen molar-refractivity contribution in [2.24, 2.45) is 0 Å². The Balaban J connectivity index is 1.55. The molecule has 10 heteroatoms. The van der Waals surface area contributed by atoms with Crippen molar-refractivity contribution >= 4 is 34.2 Å². The minimum absolute atomic E-state index is 0.00612. The van der Waals surface area contributed by atoms with Gasteiger partial charge in [0.05, 0.1) is 6.04 Å². The maximum Gasteiger partial charge on any atom is 0.413 e. The van der Waals surface area contributed by atoms with Crippen LogP contribution in [-0.4, -0.2) is 36.8 Å². The Kier molecular flexibility index (Phi) is 6.61. The molecule has 5 rings (SSSR count). The van der Waals surface area contributed by atoms with Gasteiger partial charge >= 0.3 is 6.09 Å². The summed E-state index contributed by atoms with van der Waals surface area (Å²) in [5.41, 5.74) is 0.657. The molecule has 1 unspecified atom stereocenters. The Morgan fingerprint density at radius 1 is 1.00 bits per heavy atom. The number of hydrogen-bond acceptors (Lipinski definition) is 6. The van der Waals surface area contributed by atoms with Crippen LogP contribution in [-0.2, 0) is 4.74 Å². The molecule has 0 aliphatic rings. The minimum atomic E-state index is -0.750. The van der Waals surface area contributed by atoms with Gasteiger partial charge < -0.3 is 10.1 Å². The fourth-order valence-corrected chi connectivity index (χ4v) is 4.37. The van der Waals surface area contributed by atoms with Crippen LogP contribution in [0.5, 0.6) is 0 Å². The Bertz CT molecular complexity index is 1750. The zero-order chi connectivity index (χ0) is 27.7. The number of aromatic nitrogens is 4. The molecule has 0 fully saturated rings. The van der Waals surface area contributed by atoms with E-state index in [1.54, 1.807) is 50.6 Å². The fraction of sp³-hybridized carbons (Fsp3) is 0.207. The lowest BCUT2D eigenvalue weighted by Gasteiger charge is -2.21. The molecule has 2 N–H and O–H groups in total. The van der Waals surface area contributed by atoms with E-state index in [2.05, 4.69) is 20.7 Å². The number of carbonyl (C=O) groups excluding carboxylic acids is 2. The lowest BCUT2D eigenvalue weighted by Crippen LogP contribution is -2.33. The van der Waals surface area contributed by atoms with Crippen LogP contribution in [0.3, 0.4) is 0 Å². The predicted molar refractivity (Wildman–Crippen MR) is 148 cm³/mol. The third-order valence-corrected chi connectivity index (χ3v) is 6.00. The standard InChI is InChI=1S/C29H28N6O4/c1-18(22-17-19-11-8-9-14-21(19)27(37)35(22)20-12-6-5-7-13-20)31-26(36)23-24(32-28(38)39-29(2,3)4)33-34-16-10-15-30-25(23)34/h5-18H,1-4H3,(H,31,36)(H,32,33,38). The molecule has 0 saturated heterocycles. The van der Waals surface area contributed by atoms with Crippen molar-refractivity contribution in [1.29, 1.82) is 0 Å². The first-order chi connectivity index (χ1) is 18.6. The van der Waals surface area contributed by atoms with Gasteiger partial charge in [-0.15, -0.1) is 5.10 Å². The first-order valence-corrected chi connectivity index (χ1v) is 12.5. The number of amides is 2. The van der Waals surface area contributed by atoms with Crippen molar-refractivity contribution in [3.05, 3.63) is 101 Å². The summed E-state index contributed by atoms with van der Waals surface area (Å²) in [6, 6.07) is 19.5. The normalized spacial score (nSPS) is 12.3. The van der Waals surface area contributed by atoms with Gasteiger partial charge in [-0.25, -0.2) is 14.3 Å². The lowest BCUT2D eigenvalue weighted by molar-refractivity contribution is 0.0635. The maximum absolute atomic E-state index is 13.7. The predicted octanol–water partition coefficient (Wildman–Crippen LogP) is 4.87. The minimum Gasteiger partial charge on any atom is -0.444 e. The van der Waals surface area contributed by atoms with Gasteiger partial charge in [-0.3, -0.25) is 19.5 Å². The Morgan fingerprint density at radius 2 is 1.72 bits per heavy atom. The zero-order valence-corrected chi connectivity index (χ0v) is 22.0. The number of benzene rings is 2. The van der Waals surface area contributed by atoms with Gasteiger partial charge in [0.2, 0.25) is 0 Å². The monoisotopic (exact) mass is 524 g/mol. The second kappa shape index (κ2) is 10.1. The number of rotatable bonds is 5. The molecule has 0 aliphatic carbocycles. The largest absolute Gasteiger partial charge is 0.444 e. The third-order valence-electron chi connectivity index (χ3n) is 6.00. The van der Waals surface area contributed by atoms with Crippen LogP contribution in [0.2, 0.25) is 0 Å². The lowest BCUT2D eigenvalue weighted by atomic mass is 10.1. The highest BCUT2D eigenvalue weighted by Gasteiger charge is 2.27. The molecule has 2 amide bonds. The van der Waals surface area contributed by atoms with E-state index in [0.29, 0.717) is 16.8 Å². The topological polar surface area (TPSA) is 120 Å². The van der Waals surface area contributed by atoms with E-state index in [4.69, 9.17) is 4.74 Å². The average Bonchev–Trinajstić information content (AvgIpc) is 3.25. The molecule has 198 valence electrons. The second-order valence-corrected chi connectivity index (χ2v) is 10.1. The van der Waals surface area contributed by atoms with Crippen molar-refractivity contribution in [2.75, 3.05) is 5.32 Å². The molecular formula is C29H28N6O4. The highest BCUT2D eigenvalue weighted by molar-refractivity contribution is 6.07. The molecule has 3 heterocycles. The summed E-state index contributed by atoms with van der Waals surface area (Å²) in [5.74, 6) is -0.519. The molecule has 5 aromatic rings. The molecular weight excluding hydrogens is 496 g/mol. The summed E-state index contributed by atoms with van der Waals surface area (Å²) in [6.07, 6.45) is 2.41. The molecule has 1 atom stereocenters. The van der Waals surface area contributed by atoms with E-state index < -0.39 is 23.6 Å². The summed E-state index contributed by atoms with van der Waals surface area (Å²) < 4.78 is 8.36. The molecule has 0 bridgehead atoms. The fourth-order valence-electron chi connectivity index (χ4n) is 4.37. The average molecular weight is 525 g/mol. The number of carbonyl (C=O) groups is 2. The van der Waals surface area contributed by atoms with Gasteiger partial charge in [-0.2, -0.15) is 0 Å². The third kappa shape index (κ3) is 5.22. The van der Waals surface area contributed by atoms with E-state index in [-0.39, 0.29) is 22.6 Å². The Morgan fingerprint density at radius 3 is 2.46 bits per heavy atom. The molecule has 0 radical (unpaired) electrons. The smallest absolute Gasteiger partial charge is 0.413 e. The molecule has 10 nitrogen and oxygen atoms in total. The first kappa shape index (κ1) is 25.7. The molecule has 0 saturated carbocycles. The van der Waals surface area contributed by atoms with E-state index >= 15 is 0 Å². The quantitative estimate of drug-likeness (QED) is 0.339. The number of pyridine rings is 1. The van der Waals surface area contributed by atoms with Crippen molar-refractivity contribution < 1.29 is 14.3 Å². The van der Waals surface area contributed by atoms with Crippen LogP contribution < -0.4 is 16.2 Å². The second-order valence-electron chi connectivity index (χ2n) is 10.1. The van der Waals surface area contributed by atoms with Crippen LogP contribution in [0.4, 0.5) is 10.6 Å². The number of nitrogens with zero attached hydrogens (tertiary/aromatic N) is 4. The maximum atomic E-state index is 13.7. The van der Waals surface area contributed by atoms with E-state index in [1.807, 2.05) is 54.6 Å². The number of anilines is 1. The van der Waals surface area contributed by atoms with Crippen LogP contribution in [0.25, 0.3) is 22.1 Å². The van der Waals surface area contributed by atoms with Crippen LogP contribution in [0.1, 0.15) is 49.8 Å². The number of para-hydroxylation sites is 1. The SMILES string of the molecule is CC(NC(=O)c1c(NC(=O)OC(C)(C)C)nn2cccnc12)c1cc2ccccc2c(=O)n1-c1ccccc1. The van der Waals surface area contributed by atoms with Crippen molar-refractivity contribution in [3.63, 3.8) is 0 Å². The number of fused-ring (bicyclic) bond motifs is 2. The van der Waals surface area contributed by atoms with Crippen molar-refractivity contribution in [2.45, 2.75) is 39.3 Å². The Hall–Kier alpha value is -4.99. The first-order valence-electron chi connectivity index (χ1n) is 12.5. The van der Waals surface area contributed by atoms with Gasteiger partial charge in [0.25, 0.3) is 11.5 Å². The molecule has 2 aromatic carbocycles. The van der Waals surface area contributed by atoms with Crippen LogP contribution in [0, 0.1) is 0 Å². The van der Waals surface area contributed by atoms with Crippen molar-refractivity contribution in [1.82, 2.24) is 24.5 Å². The summed E-state index contributed by atoms with van der Waals surface area (Å²) in [7, 11) is 0. The van der Waals surface area contributed by atoms with E-state index in [9.17, 15) is 14.4 Å². The summed E-state index contributed by atoms with van der Waals surface area (Å²) >= 11 is 0. The molecule has 0 spiro atoms. The summed E-state index contributed by atoms with van der Waals surface area (Å²) in [5, 5.41) is 11.2. The summed E-state index contributed by atoms with van der Waals surface area (Å²) in [6.45, 7) is 7.01. The van der Waals surface area contributed by atoms with Gasteiger partial charge in [-0.05, 0) is 63.4 Å². The number of ether oxygens (including phenoxy) is 1. The Labute approximate surface area is 224 Å². The van der Waals surface area contributed by atoms with E-state index in [1.165, 1.54) is 10.7 Å². The zero-order valence-electron chi connectivity index (χ0n) is 22.0. The van der Waals surface area contributed by atoms with Crippen molar-refractivity contribution in [3.8, 4) is 5.69 Å². The highest BCUT2D eigenvalue weighted by Crippen LogP contribution is 2.24. The molecule has 39 heavy (non-hydrogen) atoms. The van der Waals surface area contributed by atoms with Crippen LogP contribution >= 0.6 is 0 Å². The molecule has 0 aliphatic heterocycles.